The zero-order valence-electron chi connectivity index (χ0n) is 11.0. The number of nitrogens with two attached hydrogens (primary N) is 1. The second kappa shape index (κ2) is 7.08. The number of rotatable bonds is 7. The molecule has 0 fully saturated rings. The summed E-state index contributed by atoms with van der Waals surface area (Å²) in [5.74, 6) is -0.849. The maximum absolute atomic E-state index is 11.8. The zero-order chi connectivity index (χ0) is 14.4. The average Bonchev–Trinajstić information content (AvgIpc) is 2.71. The van der Waals surface area contributed by atoms with Crippen LogP contribution in [0.3, 0.4) is 0 Å². The minimum Gasteiger partial charge on any atom is -0.481 e. The molecule has 0 aromatic carbocycles. The number of hydrogen-bond acceptors (Lipinski definition) is 5. The highest BCUT2D eigenvalue weighted by molar-refractivity contribution is 7.13. The van der Waals surface area contributed by atoms with Crippen LogP contribution in [0.1, 0.15) is 37.2 Å². The summed E-state index contributed by atoms with van der Waals surface area (Å²) in [5, 5.41) is 13.5. The maximum Gasteiger partial charge on any atom is 0.303 e. The van der Waals surface area contributed by atoms with Crippen molar-refractivity contribution in [1.82, 2.24) is 10.3 Å². The van der Waals surface area contributed by atoms with Crippen LogP contribution in [-0.2, 0) is 4.79 Å². The van der Waals surface area contributed by atoms with Gasteiger partial charge in [-0.3, -0.25) is 9.59 Å². The number of anilines is 1. The number of aliphatic carboxylic acids is 1. The fourth-order valence-corrected chi connectivity index (χ4v) is 2.42. The van der Waals surface area contributed by atoms with Gasteiger partial charge in [-0.05, 0) is 18.3 Å². The third-order valence-corrected chi connectivity index (χ3v) is 3.25. The largest absolute Gasteiger partial charge is 0.481 e. The Morgan fingerprint density at radius 2 is 2.21 bits per heavy atom. The van der Waals surface area contributed by atoms with Crippen LogP contribution >= 0.6 is 11.3 Å². The minimum absolute atomic E-state index is 0.0532. The lowest BCUT2D eigenvalue weighted by atomic mass is 9.94. The highest BCUT2D eigenvalue weighted by atomic mass is 32.1. The Morgan fingerprint density at radius 1 is 1.53 bits per heavy atom. The number of amides is 1. The van der Waals surface area contributed by atoms with Gasteiger partial charge < -0.3 is 16.2 Å². The first kappa shape index (κ1) is 15.4. The van der Waals surface area contributed by atoms with E-state index in [-0.39, 0.29) is 23.9 Å². The Balaban J connectivity index is 2.50. The van der Waals surface area contributed by atoms with Crippen LogP contribution in [0, 0.1) is 11.8 Å². The van der Waals surface area contributed by atoms with Crippen molar-refractivity contribution in [2.75, 3.05) is 12.3 Å². The average molecular weight is 285 g/mol. The van der Waals surface area contributed by atoms with E-state index in [2.05, 4.69) is 10.3 Å². The summed E-state index contributed by atoms with van der Waals surface area (Å²) >= 11 is 1.20. The SMILES string of the molecule is CC(C)CC(CNC(=O)c1csc(N)n1)CC(=O)O. The normalized spacial score (nSPS) is 12.4. The highest BCUT2D eigenvalue weighted by Gasteiger charge is 2.17. The molecule has 0 bridgehead atoms. The second-order valence-corrected chi connectivity index (χ2v) is 5.76. The van der Waals surface area contributed by atoms with Gasteiger partial charge in [-0.2, -0.15) is 0 Å². The molecule has 106 valence electrons. The van der Waals surface area contributed by atoms with Crippen molar-refractivity contribution in [1.29, 1.82) is 0 Å². The molecule has 0 saturated carbocycles. The van der Waals surface area contributed by atoms with Crippen molar-refractivity contribution in [2.24, 2.45) is 11.8 Å². The van der Waals surface area contributed by atoms with Crippen molar-refractivity contribution in [3.05, 3.63) is 11.1 Å². The van der Waals surface area contributed by atoms with Crippen molar-refractivity contribution < 1.29 is 14.7 Å². The maximum atomic E-state index is 11.8. The van der Waals surface area contributed by atoms with E-state index in [0.717, 1.165) is 6.42 Å². The van der Waals surface area contributed by atoms with Crippen molar-refractivity contribution in [2.45, 2.75) is 26.7 Å². The van der Waals surface area contributed by atoms with Crippen molar-refractivity contribution in [3.8, 4) is 0 Å². The van der Waals surface area contributed by atoms with Crippen LogP contribution in [0.25, 0.3) is 0 Å². The van der Waals surface area contributed by atoms with Crippen LogP contribution in [0.2, 0.25) is 0 Å². The van der Waals surface area contributed by atoms with E-state index in [1.807, 2.05) is 13.8 Å². The fourth-order valence-electron chi connectivity index (χ4n) is 1.87. The van der Waals surface area contributed by atoms with E-state index in [1.165, 1.54) is 11.3 Å². The summed E-state index contributed by atoms with van der Waals surface area (Å²) in [5.41, 5.74) is 5.73. The smallest absolute Gasteiger partial charge is 0.303 e. The molecule has 1 aromatic heterocycles. The lowest BCUT2D eigenvalue weighted by Gasteiger charge is -2.17. The second-order valence-electron chi connectivity index (χ2n) is 4.87. The number of carboxylic acid groups (broad SMARTS) is 1. The van der Waals surface area contributed by atoms with Gasteiger partial charge in [-0.25, -0.2) is 4.98 Å². The van der Waals surface area contributed by atoms with Gasteiger partial charge >= 0.3 is 5.97 Å². The van der Waals surface area contributed by atoms with E-state index >= 15 is 0 Å². The molecule has 4 N–H and O–H groups in total. The Kier molecular flexibility index (Phi) is 5.75. The summed E-state index contributed by atoms with van der Waals surface area (Å²) in [6, 6.07) is 0. The number of carbonyl (C=O) groups is 2. The van der Waals surface area contributed by atoms with Gasteiger partial charge in [-0.1, -0.05) is 13.8 Å². The van der Waals surface area contributed by atoms with Gasteiger partial charge in [0.25, 0.3) is 5.91 Å². The van der Waals surface area contributed by atoms with Crippen LogP contribution < -0.4 is 11.1 Å². The molecule has 0 aliphatic carbocycles. The van der Waals surface area contributed by atoms with Crippen LogP contribution in [-0.4, -0.2) is 28.5 Å². The summed E-state index contributed by atoms with van der Waals surface area (Å²) < 4.78 is 0. The number of hydrogen-bond donors (Lipinski definition) is 3. The van der Waals surface area contributed by atoms with E-state index in [4.69, 9.17) is 10.8 Å². The van der Waals surface area contributed by atoms with Crippen LogP contribution in [0.4, 0.5) is 5.13 Å². The summed E-state index contributed by atoms with van der Waals surface area (Å²) in [6.45, 7) is 4.39. The molecule has 0 aliphatic heterocycles. The number of thiazole rings is 1. The Morgan fingerprint density at radius 3 is 2.68 bits per heavy atom. The van der Waals surface area contributed by atoms with Crippen molar-refractivity contribution in [3.63, 3.8) is 0 Å². The molecule has 1 amide bonds. The third-order valence-electron chi connectivity index (χ3n) is 2.57. The van der Waals surface area contributed by atoms with Crippen molar-refractivity contribution >= 4 is 28.3 Å². The van der Waals surface area contributed by atoms with Gasteiger partial charge in [0, 0.05) is 18.3 Å². The standard InChI is InChI=1S/C12H19N3O3S/c1-7(2)3-8(4-10(16)17)5-14-11(18)9-6-19-12(13)15-9/h6-8H,3-5H2,1-2H3,(H2,13,15)(H,14,18)(H,16,17). The fraction of sp³-hybridized carbons (Fsp3) is 0.583. The topological polar surface area (TPSA) is 105 Å². The lowest BCUT2D eigenvalue weighted by Crippen LogP contribution is -2.31. The molecule has 7 heteroatoms. The van der Waals surface area contributed by atoms with E-state index in [0.29, 0.717) is 17.6 Å². The molecule has 1 heterocycles. The molecule has 1 rings (SSSR count). The number of nitrogens with one attached hydrogen (secondary N) is 1. The number of carboxylic acids is 1. The number of nitrogens with zero attached hydrogens (tertiary/aromatic N) is 1. The Labute approximate surface area is 116 Å². The molecule has 1 aromatic rings. The van der Waals surface area contributed by atoms with Gasteiger partial charge in [0.05, 0.1) is 0 Å². The summed E-state index contributed by atoms with van der Waals surface area (Å²) in [6.07, 6.45) is 0.809. The molecular weight excluding hydrogens is 266 g/mol. The zero-order valence-corrected chi connectivity index (χ0v) is 11.9. The molecule has 1 unspecified atom stereocenters. The summed E-state index contributed by atoms with van der Waals surface area (Å²) in [4.78, 5) is 26.4. The molecule has 0 saturated heterocycles. The van der Waals surface area contributed by atoms with Gasteiger partial charge in [0.15, 0.2) is 5.13 Å². The molecule has 19 heavy (non-hydrogen) atoms. The summed E-state index contributed by atoms with van der Waals surface area (Å²) in [7, 11) is 0. The predicted molar refractivity (Wildman–Crippen MR) is 74.1 cm³/mol. The first-order valence-corrected chi connectivity index (χ1v) is 6.97. The number of nitrogen functional groups attached to an aromatic ring is 1. The highest BCUT2D eigenvalue weighted by Crippen LogP contribution is 2.15. The first-order valence-electron chi connectivity index (χ1n) is 6.09. The van der Waals surface area contributed by atoms with E-state index in [1.54, 1.807) is 5.38 Å². The molecule has 6 nitrogen and oxygen atoms in total. The Hall–Kier alpha value is -1.63. The molecular formula is C12H19N3O3S. The molecule has 1 atom stereocenters. The van der Waals surface area contributed by atoms with E-state index in [9.17, 15) is 9.59 Å². The Bertz CT molecular complexity index is 445. The van der Waals surface area contributed by atoms with Gasteiger partial charge in [-0.15, -0.1) is 11.3 Å². The monoisotopic (exact) mass is 285 g/mol. The number of aromatic nitrogens is 1. The molecule has 0 aliphatic rings. The van der Waals surface area contributed by atoms with Crippen LogP contribution in [0.15, 0.2) is 5.38 Å². The van der Waals surface area contributed by atoms with Gasteiger partial charge in [0.2, 0.25) is 0 Å². The third kappa shape index (κ3) is 5.69. The van der Waals surface area contributed by atoms with Crippen LogP contribution in [0.5, 0.6) is 0 Å². The van der Waals surface area contributed by atoms with Gasteiger partial charge in [0.1, 0.15) is 5.69 Å². The first-order chi connectivity index (χ1) is 8.88. The quantitative estimate of drug-likeness (QED) is 0.705. The predicted octanol–water partition coefficient (Wildman–Crippen LogP) is 1.59. The number of carbonyl (C=O) groups excluding carboxylic acids is 1. The molecule has 0 radical (unpaired) electrons. The lowest BCUT2D eigenvalue weighted by molar-refractivity contribution is -0.138. The molecule has 0 spiro atoms. The van der Waals surface area contributed by atoms with E-state index < -0.39 is 5.97 Å². The minimum atomic E-state index is -0.849.